The summed E-state index contributed by atoms with van der Waals surface area (Å²) in [5, 5.41) is 4.09. The van der Waals surface area contributed by atoms with Crippen LogP contribution in [0.1, 0.15) is 0 Å². The molecule has 132 valence electrons. The van der Waals surface area contributed by atoms with Gasteiger partial charge in [-0.3, -0.25) is 9.59 Å². The third-order valence-electron chi connectivity index (χ3n) is 3.21. The molecule has 2 aromatic carbocycles. The quantitative estimate of drug-likeness (QED) is 0.684. The Labute approximate surface area is 165 Å². The fraction of sp³-hybridized carbons (Fsp3) is 0.176. The lowest BCUT2D eigenvalue weighted by Crippen LogP contribution is -2.36. The minimum absolute atomic E-state index is 0.0825. The highest BCUT2D eigenvalue weighted by Gasteiger charge is 2.16. The van der Waals surface area contributed by atoms with E-state index in [1.165, 1.54) is 16.7 Å². The van der Waals surface area contributed by atoms with E-state index in [1.54, 1.807) is 49.5 Å². The van der Waals surface area contributed by atoms with Crippen LogP contribution >= 0.6 is 46.6 Å². The van der Waals surface area contributed by atoms with Crippen LogP contribution in [0.5, 0.6) is 0 Å². The first-order valence-electron chi connectivity index (χ1n) is 7.23. The zero-order chi connectivity index (χ0) is 18.4. The third kappa shape index (κ3) is 5.82. The molecule has 0 heterocycles. The Morgan fingerprint density at radius 1 is 1.00 bits per heavy atom. The van der Waals surface area contributed by atoms with E-state index in [2.05, 4.69) is 5.32 Å². The number of para-hydroxylation sites is 1. The van der Waals surface area contributed by atoms with Gasteiger partial charge >= 0.3 is 0 Å². The average Bonchev–Trinajstić information content (AvgIpc) is 2.56. The van der Waals surface area contributed by atoms with Gasteiger partial charge in [-0.2, -0.15) is 0 Å². The number of nitrogens with zero attached hydrogens (tertiary/aromatic N) is 1. The van der Waals surface area contributed by atoms with Crippen molar-refractivity contribution in [3.05, 3.63) is 57.5 Å². The summed E-state index contributed by atoms with van der Waals surface area (Å²) < 4.78 is 0. The number of likely N-dealkylation sites (N-methyl/N-ethyl adjacent to an activating group) is 1. The van der Waals surface area contributed by atoms with Crippen molar-refractivity contribution < 1.29 is 9.59 Å². The summed E-state index contributed by atoms with van der Waals surface area (Å²) in [4.78, 5) is 26.2. The van der Waals surface area contributed by atoms with E-state index in [0.29, 0.717) is 25.7 Å². The highest BCUT2D eigenvalue weighted by atomic mass is 35.5. The molecule has 0 aliphatic heterocycles. The molecule has 2 rings (SSSR count). The van der Waals surface area contributed by atoms with E-state index >= 15 is 0 Å². The van der Waals surface area contributed by atoms with Crippen molar-refractivity contribution >= 4 is 64.1 Å². The van der Waals surface area contributed by atoms with Crippen LogP contribution in [-0.4, -0.2) is 36.1 Å². The van der Waals surface area contributed by atoms with E-state index in [9.17, 15) is 9.59 Å². The fourth-order valence-electron chi connectivity index (χ4n) is 1.92. The number of halogens is 3. The Hall–Kier alpha value is -1.40. The molecule has 4 nitrogen and oxygen atoms in total. The van der Waals surface area contributed by atoms with Crippen LogP contribution in [0.3, 0.4) is 0 Å². The largest absolute Gasteiger partial charge is 0.336 e. The van der Waals surface area contributed by atoms with E-state index in [1.807, 2.05) is 0 Å². The van der Waals surface area contributed by atoms with Gasteiger partial charge in [-0.15, -0.1) is 11.8 Å². The van der Waals surface area contributed by atoms with E-state index < -0.39 is 0 Å². The van der Waals surface area contributed by atoms with Gasteiger partial charge in [0.05, 0.1) is 33.1 Å². The lowest BCUT2D eigenvalue weighted by Gasteiger charge is -2.17. The summed E-state index contributed by atoms with van der Waals surface area (Å²) in [7, 11) is 1.56. The highest BCUT2D eigenvalue weighted by molar-refractivity contribution is 8.00. The van der Waals surface area contributed by atoms with Crippen LogP contribution < -0.4 is 5.32 Å². The van der Waals surface area contributed by atoms with Crippen molar-refractivity contribution in [3.63, 3.8) is 0 Å². The predicted molar refractivity (Wildman–Crippen MR) is 105 cm³/mol. The lowest BCUT2D eigenvalue weighted by atomic mass is 10.3. The zero-order valence-electron chi connectivity index (χ0n) is 13.3. The van der Waals surface area contributed by atoms with Crippen LogP contribution in [0.2, 0.25) is 15.1 Å². The molecule has 0 aromatic heterocycles. The molecule has 0 spiro atoms. The number of rotatable bonds is 6. The molecular weight excluding hydrogens is 403 g/mol. The Morgan fingerprint density at radius 3 is 2.24 bits per heavy atom. The first-order valence-corrected chi connectivity index (χ1v) is 9.35. The van der Waals surface area contributed by atoms with Gasteiger partial charge < -0.3 is 10.2 Å². The summed E-state index contributed by atoms with van der Waals surface area (Å²) in [6, 6.07) is 12.1. The fourth-order valence-corrected chi connectivity index (χ4v) is 3.73. The molecular formula is C17H15Cl3N2O2S. The van der Waals surface area contributed by atoms with Gasteiger partial charge in [-0.05, 0) is 24.3 Å². The standard InChI is InChI=1S/C17H15Cl3N2O2S/c1-22(9-15(23)21-14-8-3-2-5-11(14)18)16(24)10-25-17-12(19)6-4-7-13(17)20/h2-8H,9-10H2,1H3,(H,21,23). The number of carbonyl (C=O) groups excluding carboxylic acids is 2. The van der Waals surface area contributed by atoms with Crippen LogP contribution in [0.25, 0.3) is 0 Å². The predicted octanol–water partition coefficient (Wildman–Crippen LogP) is 4.84. The SMILES string of the molecule is CN(CC(=O)Nc1ccccc1Cl)C(=O)CSc1c(Cl)cccc1Cl. The van der Waals surface area contributed by atoms with Crippen LogP contribution in [0.15, 0.2) is 47.4 Å². The molecule has 8 heteroatoms. The van der Waals surface area contributed by atoms with Crippen molar-refractivity contribution in [2.45, 2.75) is 4.90 Å². The van der Waals surface area contributed by atoms with Crippen LogP contribution in [0, 0.1) is 0 Å². The zero-order valence-corrected chi connectivity index (χ0v) is 16.3. The first kappa shape index (κ1) is 19.9. The topological polar surface area (TPSA) is 49.4 Å². The van der Waals surface area contributed by atoms with Gasteiger partial charge in [-0.1, -0.05) is 53.0 Å². The van der Waals surface area contributed by atoms with Gasteiger partial charge in [0.1, 0.15) is 0 Å². The van der Waals surface area contributed by atoms with Gasteiger partial charge in [0, 0.05) is 11.9 Å². The summed E-state index contributed by atoms with van der Waals surface area (Å²) in [6.07, 6.45) is 0. The summed E-state index contributed by atoms with van der Waals surface area (Å²) in [5.74, 6) is -0.417. The molecule has 0 atom stereocenters. The second-order valence-electron chi connectivity index (χ2n) is 5.12. The van der Waals surface area contributed by atoms with Gasteiger partial charge in [0.25, 0.3) is 0 Å². The summed E-state index contributed by atoms with van der Waals surface area (Å²) in [6.45, 7) is -0.0825. The van der Waals surface area contributed by atoms with Crippen LogP contribution in [-0.2, 0) is 9.59 Å². The third-order valence-corrected chi connectivity index (χ3v) is 5.52. The minimum atomic E-state index is -0.329. The molecule has 0 saturated heterocycles. The maximum Gasteiger partial charge on any atom is 0.244 e. The smallest absolute Gasteiger partial charge is 0.244 e. The summed E-state index contributed by atoms with van der Waals surface area (Å²) >= 11 is 19.4. The Balaban J connectivity index is 1.88. The highest BCUT2D eigenvalue weighted by Crippen LogP contribution is 2.33. The van der Waals surface area contributed by atoms with Gasteiger partial charge in [0.15, 0.2) is 0 Å². The number of hydrogen-bond donors (Lipinski definition) is 1. The Kier molecular flexibility index (Phi) is 7.44. The average molecular weight is 418 g/mol. The van der Waals surface area contributed by atoms with E-state index in [0.717, 1.165) is 0 Å². The van der Waals surface area contributed by atoms with Gasteiger partial charge in [-0.25, -0.2) is 0 Å². The van der Waals surface area contributed by atoms with E-state index in [-0.39, 0.29) is 24.1 Å². The maximum atomic E-state index is 12.2. The van der Waals surface area contributed by atoms with E-state index in [4.69, 9.17) is 34.8 Å². The molecule has 0 radical (unpaired) electrons. The van der Waals surface area contributed by atoms with Crippen molar-refractivity contribution in [1.29, 1.82) is 0 Å². The molecule has 2 aromatic rings. The number of benzene rings is 2. The van der Waals surface area contributed by atoms with Gasteiger partial charge in [0.2, 0.25) is 11.8 Å². The molecule has 1 N–H and O–H groups in total. The molecule has 0 unspecified atom stereocenters. The van der Waals surface area contributed by atoms with Crippen molar-refractivity contribution in [2.24, 2.45) is 0 Å². The molecule has 25 heavy (non-hydrogen) atoms. The molecule has 0 saturated carbocycles. The summed E-state index contributed by atoms with van der Waals surface area (Å²) in [5.41, 5.74) is 0.507. The molecule has 2 amide bonds. The van der Waals surface area contributed by atoms with Crippen molar-refractivity contribution in [3.8, 4) is 0 Å². The number of hydrogen-bond acceptors (Lipinski definition) is 3. The number of anilines is 1. The Morgan fingerprint density at radius 2 is 1.60 bits per heavy atom. The molecule has 0 aliphatic carbocycles. The van der Waals surface area contributed by atoms with Crippen molar-refractivity contribution in [1.82, 2.24) is 4.90 Å². The normalized spacial score (nSPS) is 10.4. The molecule has 0 bridgehead atoms. The number of thioether (sulfide) groups is 1. The molecule has 0 fully saturated rings. The first-order chi connectivity index (χ1) is 11.9. The number of nitrogens with one attached hydrogen (secondary N) is 1. The minimum Gasteiger partial charge on any atom is -0.336 e. The monoisotopic (exact) mass is 416 g/mol. The molecule has 0 aliphatic rings. The number of amides is 2. The maximum absolute atomic E-state index is 12.2. The van der Waals surface area contributed by atoms with Crippen molar-refractivity contribution in [2.75, 3.05) is 24.7 Å². The van der Waals surface area contributed by atoms with Crippen LogP contribution in [0.4, 0.5) is 5.69 Å². The second kappa shape index (κ2) is 9.34. The lowest BCUT2D eigenvalue weighted by molar-refractivity contribution is -0.131. The Bertz CT molecular complexity index is 766. The second-order valence-corrected chi connectivity index (χ2v) is 7.32. The number of carbonyl (C=O) groups is 2.